The van der Waals surface area contributed by atoms with Crippen LogP contribution in [0.5, 0.6) is 5.75 Å². The predicted molar refractivity (Wildman–Crippen MR) is 79.9 cm³/mol. The molecule has 1 aromatic carbocycles. The molecule has 22 heavy (non-hydrogen) atoms. The van der Waals surface area contributed by atoms with Crippen LogP contribution in [0.1, 0.15) is 20.3 Å². The largest absolute Gasteiger partial charge is 0.492 e. The minimum Gasteiger partial charge on any atom is -0.492 e. The lowest BCUT2D eigenvalue weighted by molar-refractivity contribution is -0.129. The fraction of sp³-hybridized carbons (Fsp3) is 0.500. The number of hydrogen-bond acceptors (Lipinski definition) is 3. The minimum atomic E-state index is -0.318. The molecule has 2 rings (SSSR count). The van der Waals surface area contributed by atoms with Gasteiger partial charge in [0.05, 0.1) is 12.5 Å². The van der Waals surface area contributed by atoms with Gasteiger partial charge in [-0.15, -0.1) is 0 Å². The van der Waals surface area contributed by atoms with Crippen LogP contribution < -0.4 is 10.1 Å². The number of ether oxygens (including phenoxy) is 1. The number of nitrogens with zero attached hydrogens (tertiary/aromatic N) is 1. The van der Waals surface area contributed by atoms with E-state index in [1.807, 2.05) is 13.8 Å². The zero-order valence-corrected chi connectivity index (χ0v) is 12.8. The molecule has 1 aliphatic rings. The van der Waals surface area contributed by atoms with E-state index in [1.165, 1.54) is 24.3 Å². The van der Waals surface area contributed by atoms with Gasteiger partial charge in [0.1, 0.15) is 18.2 Å². The van der Waals surface area contributed by atoms with E-state index in [-0.39, 0.29) is 36.0 Å². The van der Waals surface area contributed by atoms with Gasteiger partial charge < -0.3 is 15.0 Å². The number of likely N-dealkylation sites (tertiary alicyclic amines) is 1. The molecular formula is C16H21FN2O3. The molecule has 1 N–H and O–H groups in total. The fourth-order valence-electron chi connectivity index (χ4n) is 2.42. The Bertz CT molecular complexity index is 531. The molecule has 0 saturated carbocycles. The third-order valence-corrected chi connectivity index (χ3v) is 3.64. The molecule has 1 aliphatic heterocycles. The Balaban J connectivity index is 1.70. The van der Waals surface area contributed by atoms with Crippen molar-refractivity contribution < 1.29 is 18.7 Å². The zero-order chi connectivity index (χ0) is 16.1. The van der Waals surface area contributed by atoms with Gasteiger partial charge in [0.2, 0.25) is 11.8 Å². The van der Waals surface area contributed by atoms with E-state index in [2.05, 4.69) is 5.32 Å². The van der Waals surface area contributed by atoms with Gasteiger partial charge in [-0.25, -0.2) is 4.39 Å². The summed E-state index contributed by atoms with van der Waals surface area (Å²) in [5.41, 5.74) is 0. The molecular weight excluding hydrogens is 287 g/mol. The van der Waals surface area contributed by atoms with Crippen molar-refractivity contribution in [3.63, 3.8) is 0 Å². The van der Waals surface area contributed by atoms with Crippen molar-refractivity contribution in [2.24, 2.45) is 5.92 Å². The Labute approximate surface area is 129 Å². The van der Waals surface area contributed by atoms with E-state index >= 15 is 0 Å². The summed E-state index contributed by atoms with van der Waals surface area (Å²) in [5, 5.41) is 2.77. The molecule has 1 fully saturated rings. The molecule has 0 aromatic heterocycles. The summed E-state index contributed by atoms with van der Waals surface area (Å²) in [6.45, 7) is 5.00. The Morgan fingerprint density at radius 1 is 1.41 bits per heavy atom. The average molecular weight is 308 g/mol. The summed E-state index contributed by atoms with van der Waals surface area (Å²) in [5.74, 6) is -0.156. The Kier molecular flexibility index (Phi) is 5.35. The Morgan fingerprint density at radius 2 is 2.09 bits per heavy atom. The molecule has 120 valence electrons. The van der Waals surface area contributed by atoms with Crippen LogP contribution in [0.4, 0.5) is 4.39 Å². The van der Waals surface area contributed by atoms with E-state index < -0.39 is 0 Å². The van der Waals surface area contributed by atoms with Gasteiger partial charge in [-0.3, -0.25) is 9.59 Å². The van der Waals surface area contributed by atoms with E-state index in [0.29, 0.717) is 25.4 Å². The van der Waals surface area contributed by atoms with Crippen LogP contribution >= 0.6 is 0 Å². The molecule has 5 nitrogen and oxygen atoms in total. The van der Waals surface area contributed by atoms with Crippen LogP contribution in [0, 0.1) is 11.7 Å². The van der Waals surface area contributed by atoms with Crippen molar-refractivity contribution in [3.8, 4) is 5.75 Å². The summed E-state index contributed by atoms with van der Waals surface area (Å²) in [7, 11) is 0. The van der Waals surface area contributed by atoms with Crippen molar-refractivity contribution in [2.45, 2.75) is 26.3 Å². The highest BCUT2D eigenvalue weighted by atomic mass is 19.1. The molecule has 2 amide bonds. The second-order valence-corrected chi connectivity index (χ2v) is 5.63. The first-order valence-electron chi connectivity index (χ1n) is 7.43. The van der Waals surface area contributed by atoms with Crippen LogP contribution in [0.15, 0.2) is 24.3 Å². The van der Waals surface area contributed by atoms with Gasteiger partial charge >= 0.3 is 0 Å². The molecule has 1 atom stereocenters. The first kappa shape index (κ1) is 16.3. The molecule has 0 radical (unpaired) electrons. The maximum Gasteiger partial charge on any atom is 0.225 e. The van der Waals surface area contributed by atoms with Gasteiger partial charge in [0.15, 0.2) is 0 Å². The number of halogens is 1. The van der Waals surface area contributed by atoms with Crippen LogP contribution in [0.25, 0.3) is 0 Å². The first-order valence-corrected chi connectivity index (χ1v) is 7.43. The summed E-state index contributed by atoms with van der Waals surface area (Å²) in [6.07, 6.45) is 0.267. The number of carbonyl (C=O) groups is 2. The second-order valence-electron chi connectivity index (χ2n) is 5.63. The van der Waals surface area contributed by atoms with Crippen molar-refractivity contribution in [3.05, 3.63) is 30.1 Å². The zero-order valence-electron chi connectivity index (χ0n) is 12.8. The maximum atomic E-state index is 12.7. The van der Waals surface area contributed by atoms with Crippen molar-refractivity contribution >= 4 is 11.8 Å². The quantitative estimate of drug-likeness (QED) is 0.812. The third kappa shape index (κ3) is 4.19. The smallest absolute Gasteiger partial charge is 0.225 e. The molecule has 1 unspecified atom stereocenters. The number of hydrogen-bond donors (Lipinski definition) is 1. The van der Waals surface area contributed by atoms with E-state index in [0.717, 1.165) is 0 Å². The van der Waals surface area contributed by atoms with Crippen LogP contribution in [0.3, 0.4) is 0 Å². The molecule has 6 heteroatoms. The van der Waals surface area contributed by atoms with Crippen molar-refractivity contribution in [2.75, 3.05) is 19.7 Å². The molecule has 1 saturated heterocycles. The number of rotatable bonds is 6. The highest BCUT2D eigenvalue weighted by Gasteiger charge is 2.35. The minimum absolute atomic E-state index is 0.0257. The Morgan fingerprint density at radius 3 is 2.68 bits per heavy atom. The summed E-state index contributed by atoms with van der Waals surface area (Å²) in [4.78, 5) is 25.5. The molecule has 0 spiro atoms. The molecule has 1 aromatic rings. The van der Waals surface area contributed by atoms with Gasteiger partial charge in [0, 0.05) is 19.0 Å². The van der Waals surface area contributed by atoms with Gasteiger partial charge in [-0.1, -0.05) is 0 Å². The average Bonchev–Trinajstić information content (AvgIpc) is 2.87. The van der Waals surface area contributed by atoms with Gasteiger partial charge in [-0.2, -0.15) is 0 Å². The lowest BCUT2D eigenvalue weighted by Crippen LogP contribution is -2.36. The first-order chi connectivity index (χ1) is 10.5. The number of carbonyl (C=O) groups excluding carboxylic acids is 2. The standard InChI is InChI=1S/C16H21FN2O3/c1-11(2)19-10-12(9-15(19)20)16(21)18-7-8-22-14-5-3-13(17)4-6-14/h3-6,11-12H,7-10H2,1-2H3,(H,18,21). The second kappa shape index (κ2) is 7.24. The Hall–Kier alpha value is -2.11. The number of benzene rings is 1. The van der Waals surface area contributed by atoms with Crippen molar-refractivity contribution in [1.29, 1.82) is 0 Å². The number of amides is 2. The van der Waals surface area contributed by atoms with Crippen LogP contribution in [-0.4, -0.2) is 42.5 Å². The normalized spacial score (nSPS) is 17.9. The third-order valence-electron chi connectivity index (χ3n) is 3.64. The molecule has 1 heterocycles. The van der Waals surface area contributed by atoms with E-state index in [9.17, 15) is 14.0 Å². The van der Waals surface area contributed by atoms with Gasteiger partial charge in [-0.05, 0) is 38.1 Å². The highest BCUT2D eigenvalue weighted by Crippen LogP contribution is 2.20. The van der Waals surface area contributed by atoms with Gasteiger partial charge in [0.25, 0.3) is 0 Å². The number of nitrogens with one attached hydrogen (secondary N) is 1. The summed E-state index contributed by atoms with van der Waals surface area (Å²) in [6, 6.07) is 5.82. The maximum absolute atomic E-state index is 12.7. The monoisotopic (exact) mass is 308 g/mol. The predicted octanol–water partition coefficient (Wildman–Crippen LogP) is 1.58. The molecule has 0 aliphatic carbocycles. The summed E-state index contributed by atoms with van der Waals surface area (Å²) < 4.78 is 18.1. The highest BCUT2D eigenvalue weighted by molar-refractivity contribution is 5.89. The molecule has 0 bridgehead atoms. The van der Waals surface area contributed by atoms with E-state index in [4.69, 9.17) is 4.74 Å². The topological polar surface area (TPSA) is 58.6 Å². The fourth-order valence-corrected chi connectivity index (χ4v) is 2.42. The van der Waals surface area contributed by atoms with Crippen molar-refractivity contribution in [1.82, 2.24) is 10.2 Å². The SMILES string of the molecule is CC(C)N1CC(C(=O)NCCOc2ccc(F)cc2)CC1=O. The van der Waals surface area contributed by atoms with E-state index in [1.54, 1.807) is 4.90 Å². The lowest BCUT2D eigenvalue weighted by Gasteiger charge is -2.20. The van der Waals surface area contributed by atoms with Crippen LogP contribution in [-0.2, 0) is 9.59 Å². The lowest BCUT2D eigenvalue weighted by atomic mass is 10.1. The summed E-state index contributed by atoms with van der Waals surface area (Å²) >= 11 is 0. The van der Waals surface area contributed by atoms with Crippen LogP contribution in [0.2, 0.25) is 0 Å².